The molecule has 0 heterocycles. The molecular formula is C10H12BrN. The minimum absolute atomic E-state index is 0.877. The first-order valence-electron chi connectivity index (χ1n) is 4.34. The fraction of sp³-hybridized carbons (Fsp3) is 0.400. The molecule has 0 amide bonds. The molecule has 1 aromatic rings. The maximum absolute atomic E-state index is 5.75. The number of fused-ring (bicyclic) bond motifs is 1. The summed E-state index contributed by atoms with van der Waals surface area (Å²) in [5.74, 6) is 0. The van der Waals surface area contributed by atoms with Gasteiger partial charge in [-0.2, -0.15) is 0 Å². The van der Waals surface area contributed by atoms with Crippen molar-refractivity contribution in [1.29, 1.82) is 0 Å². The summed E-state index contributed by atoms with van der Waals surface area (Å²) in [5, 5.41) is 0. The maximum Gasteiger partial charge on any atom is 0.0328 e. The molecule has 1 aromatic carbocycles. The van der Waals surface area contributed by atoms with Crippen molar-refractivity contribution < 1.29 is 0 Å². The van der Waals surface area contributed by atoms with Crippen LogP contribution >= 0.6 is 15.9 Å². The molecule has 0 aromatic heterocycles. The predicted octanol–water partition coefficient (Wildman–Crippen LogP) is 2.91. The molecule has 64 valence electrons. The Hall–Kier alpha value is -0.500. The first kappa shape index (κ1) is 8.11. The highest BCUT2D eigenvalue weighted by atomic mass is 79.9. The number of anilines is 1. The second-order valence-electron chi connectivity index (χ2n) is 3.35. The molecular weight excluding hydrogens is 214 g/mol. The Bertz CT molecular complexity index is 307. The van der Waals surface area contributed by atoms with Gasteiger partial charge in [0.2, 0.25) is 0 Å². The number of halogens is 1. The van der Waals surface area contributed by atoms with Gasteiger partial charge in [-0.1, -0.05) is 15.9 Å². The van der Waals surface area contributed by atoms with E-state index < -0.39 is 0 Å². The first-order valence-corrected chi connectivity index (χ1v) is 5.13. The summed E-state index contributed by atoms with van der Waals surface area (Å²) < 4.78 is 1.19. The standard InChI is InChI=1S/C10H12BrN/c11-10-6-8(12)5-7-3-1-2-4-9(7)10/h5-6H,1-4,12H2. The zero-order chi connectivity index (χ0) is 8.55. The van der Waals surface area contributed by atoms with E-state index in [1.54, 1.807) is 0 Å². The van der Waals surface area contributed by atoms with Gasteiger partial charge in [-0.25, -0.2) is 0 Å². The van der Waals surface area contributed by atoms with E-state index in [4.69, 9.17) is 5.73 Å². The molecule has 0 saturated carbocycles. The van der Waals surface area contributed by atoms with Crippen molar-refractivity contribution in [2.75, 3.05) is 5.73 Å². The number of nitrogens with two attached hydrogens (primary N) is 1. The summed E-state index contributed by atoms with van der Waals surface area (Å²) in [6, 6.07) is 4.11. The summed E-state index contributed by atoms with van der Waals surface area (Å²) in [6.45, 7) is 0. The van der Waals surface area contributed by atoms with Gasteiger partial charge < -0.3 is 5.73 Å². The Morgan fingerprint density at radius 1 is 1.17 bits per heavy atom. The van der Waals surface area contributed by atoms with E-state index in [9.17, 15) is 0 Å². The number of hydrogen-bond acceptors (Lipinski definition) is 1. The van der Waals surface area contributed by atoms with Crippen LogP contribution < -0.4 is 5.73 Å². The van der Waals surface area contributed by atoms with E-state index in [0.717, 1.165) is 5.69 Å². The molecule has 2 rings (SSSR count). The molecule has 12 heavy (non-hydrogen) atoms. The van der Waals surface area contributed by atoms with Gasteiger partial charge in [0.05, 0.1) is 0 Å². The van der Waals surface area contributed by atoms with Crippen molar-refractivity contribution in [3.63, 3.8) is 0 Å². The average molecular weight is 226 g/mol. The third-order valence-electron chi connectivity index (χ3n) is 2.43. The lowest BCUT2D eigenvalue weighted by atomic mass is 9.91. The van der Waals surface area contributed by atoms with Crippen molar-refractivity contribution in [3.8, 4) is 0 Å². The van der Waals surface area contributed by atoms with Gasteiger partial charge in [0.25, 0.3) is 0 Å². The molecule has 0 spiro atoms. The summed E-state index contributed by atoms with van der Waals surface area (Å²) in [5.41, 5.74) is 9.54. The van der Waals surface area contributed by atoms with Gasteiger partial charge in [-0.05, 0) is 48.9 Å². The molecule has 2 heteroatoms. The van der Waals surface area contributed by atoms with Crippen molar-refractivity contribution in [2.45, 2.75) is 25.7 Å². The third-order valence-corrected chi connectivity index (χ3v) is 3.14. The molecule has 1 aliphatic carbocycles. The Morgan fingerprint density at radius 2 is 1.92 bits per heavy atom. The van der Waals surface area contributed by atoms with E-state index in [1.807, 2.05) is 6.07 Å². The molecule has 0 fully saturated rings. The highest BCUT2D eigenvalue weighted by Crippen LogP contribution is 2.30. The third kappa shape index (κ3) is 1.36. The molecule has 0 unspecified atom stereocenters. The molecule has 1 nitrogen and oxygen atoms in total. The van der Waals surface area contributed by atoms with Gasteiger partial charge in [-0.3, -0.25) is 0 Å². The molecule has 0 bridgehead atoms. The number of nitrogen functional groups attached to an aromatic ring is 1. The van der Waals surface area contributed by atoms with Crippen LogP contribution in [0.5, 0.6) is 0 Å². The molecule has 0 saturated heterocycles. The average Bonchev–Trinajstić information content (AvgIpc) is 2.04. The first-order chi connectivity index (χ1) is 5.77. The lowest BCUT2D eigenvalue weighted by Crippen LogP contribution is -2.04. The van der Waals surface area contributed by atoms with Crippen LogP contribution in [0.4, 0.5) is 5.69 Å². The maximum atomic E-state index is 5.75. The monoisotopic (exact) mass is 225 g/mol. The van der Waals surface area contributed by atoms with Crippen molar-refractivity contribution in [1.82, 2.24) is 0 Å². The Kier molecular flexibility index (Phi) is 2.09. The van der Waals surface area contributed by atoms with Crippen LogP contribution in [-0.4, -0.2) is 0 Å². The van der Waals surface area contributed by atoms with Crippen LogP contribution in [0.25, 0.3) is 0 Å². The second-order valence-corrected chi connectivity index (χ2v) is 4.20. The van der Waals surface area contributed by atoms with Crippen LogP contribution in [0.1, 0.15) is 24.0 Å². The molecule has 0 aliphatic heterocycles. The largest absolute Gasteiger partial charge is 0.399 e. The van der Waals surface area contributed by atoms with Crippen molar-refractivity contribution in [2.24, 2.45) is 0 Å². The molecule has 1 aliphatic rings. The predicted molar refractivity (Wildman–Crippen MR) is 55.2 cm³/mol. The van der Waals surface area contributed by atoms with Crippen LogP contribution in [0.15, 0.2) is 16.6 Å². The van der Waals surface area contributed by atoms with E-state index in [1.165, 1.54) is 41.3 Å². The van der Waals surface area contributed by atoms with Crippen LogP contribution in [-0.2, 0) is 12.8 Å². The van der Waals surface area contributed by atoms with Gasteiger partial charge in [-0.15, -0.1) is 0 Å². The van der Waals surface area contributed by atoms with Crippen LogP contribution in [0, 0.1) is 0 Å². The number of benzene rings is 1. The van der Waals surface area contributed by atoms with Crippen molar-refractivity contribution >= 4 is 21.6 Å². The number of hydrogen-bond donors (Lipinski definition) is 1. The highest BCUT2D eigenvalue weighted by molar-refractivity contribution is 9.10. The van der Waals surface area contributed by atoms with Gasteiger partial charge in [0, 0.05) is 10.2 Å². The minimum atomic E-state index is 0.877. The Balaban J connectivity index is 2.53. The summed E-state index contributed by atoms with van der Waals surface area (Å²) in [4.78, 5) is 0. The van der Waals surface area contributed by atoms with Crippen LogP contribution in [0.3, 0.4) is 0 Å². The van der Waals surface area contributed by atoms with Gasteiger partial charge in [0.1, 0.15) is 0 Å². The number of aryl methyl sites for hydroxylation is 1. The summed E-state index contributed by atoms with van der Waals surface area (Å²) in [6.07, 6.45) is 5.02. The second kappa shape index (κ2) is 3.09. The van der Waals surface area contributed by atoms with Crippen molar-refractivity contribution in [3.05, 3.63) is 27.7 Å². The highest BCUT2D eigenvalue weighted by Gasteiger charge is 2.12. The van der Waals surface area contributed by atoms with E-state index in [-0.39, 0.29) is 0 Å². The Labute approximate surface area is 81.1 Å². The fourth-order valence-corrected chi connectivity index (χ4v) is 2.55. The molecule has 0 atom stereocenters. The Morgan fingerprint density at radius 3 is 2.75 bits per heavy atom. The summed E-state index contributed by atoms with van der Waals surface area (Å²) in [7, 11) is 0. The minimum Gasteiger partial charge on any atom is -0.399 e. The van der Waals surface area contributed by atoms with Gasteiger partial charge >= 0.3 is 0 Å². The van der Waals surface area contributed by atoms with E-state index in [0.29, 0.717) is 0 Å². The quantitative estimate of drug-likeness (QED) is 0.676. The molecule has 2 N–H and O–H groups in total. The SMILES string of the molecule is Nc1cc(Br)c2c(c1)CCCC2. The molecule has 0 radical (unpaired) electrons. The van der Waals surface area contributed by atoms with E-state index in [2.05, 4.69) is 22.0 Å². The number of rotatable bonds is 0. The zero-order valence-electron chi connectivity index (χ0n) is 6.94. The smallest absolute Gasteiger partial charge is 0.0328 e. The summed E-state index contributed by atoms with van der Waals surface area (Å²) >= 11 is 3.55. The van der Waals surface area contributed by atoms with Gasteiger partial charge in [0.15, 0.2) is 0 Å². The van der Waals surface area contributed by atoms with Crippen LogP contribution in [0.2, 0.25) is 0 Å². The normalized spacial score (nSPS) is 15.8. The van der Waals surface area contributed by atoms with E-state index >= 15 is 0 Å². The lowest BCUT2D eigenvalue weighted by Gasteiger charge is -2.17. The zero-order valence-corrected chi connectivity index (χ0v) is 8.52. The topological polar surface area (TPSA) is 26.0 Å². The fourth-order valence-electron chi connectivity index (χ4n) is 1.84. The lowest BCUT2D eigenvalue weighted by molar-refractivity contribution is 0.683.